The van der Waals surface area contributed by atoms with Crippen molar-refractivity contribution in [3.63, 3.8) is 0 Å². The van der Waals surface area contributed by atoms with Gasteiger partial charge in [0.05, 0.1) is 0 Å². The monoisotopic (exact) mass is 183 g/mol. The van der Waals surface area contributed by atoms with Gasteiger partial charge in [-0.05, 0) is 37.0 Å². The summed E-state index contributed by atoms with van der Waals surface area (Å²) in [5.41, 5.74) is 2.20. The zero-order valence-electron chi connectivity index (χ0n) is 7.97. The number of hydrogen-bond donors (Lipinski definition) is 0. The molecule has 2 rings (SSSR count). The molecule has 69 valence electrons. The van der Waals surface area contributed by atoms with Gasteiger partial charge >= 0.3 is 0 Å². The van der Waals surface area contributed by atoms with Crippen LogP contribution in [0.2, 0.25) is 0 Å². The van der Waals surface area contributed by atoms with Gasteiger partial charge in [-0.2, -0.15) is 0 Å². The van der Waals surface area contributed by atoms with Crippen molar-refractivity contribution in [2.75, 3.05) is 0 Å². The number of rotatable bonds is 2. The quantitative estimate of drug-likeness (QED) is 0.562. The van der Waals surface area contributed by atoms with E-state index in [9.17, 15) is 0 Å². The molecule has 0 bridgehead atoms. The van der Waals surface area contributed by atoms with Gasteiger partial charge in [0, 0.05) is 0 Å². The van der Waals surface area contributed by atoms with Crippen molar-refractivity contribution >= 4 is 8.58 Å². The highest BCUT2D eigenvalue weighted by Gasteiger charge is 2.21. The molecular formula is C11H20P. The molecule has 1 heteroatoms. The Kier molecular flexibility index (Phi) is 3.46. The van der Waals surface area contributed by atoms with Crippen molar-refractivity contribution in [3.05, 3.63) is 0 Å². The third kappa shape index (κ3) is 2.46. The van der Waals surface area contributed by atoms with Crippen LogP contribution >= 0.6 is 8.58 Å². The first kappa shape index (κ1) is 9.00. The van der Waals surface area contributed by atoms with Gasteiger partial charge in [-0.15, -0.1) is 0 Å². The Balaban J connectivity index is 1.69. The maximum absolute atomic E-state index is 1.83. The zero-order chi connectivity index (χ0) is 8.23. The second-order valence-corrected chi connectivity index (χ2v) is 6.14. The van der Waals surface area contributed by atoms with Gasteiger partial charge in [-0.25, -0.2) is 0 Å². The van der Waals surface area contributed by atoms with Crippen molar-refractivity contribution in [1.29, 1.82) is 0 Å². The van der Waals surface area contributed by atoms with Crippen LogP contribution in [0.3, 0.4) is 0 Å². The van der Waals surface area contributed by atoms with Gasteiger partial charge in [0.2, 0.25) is 0 Å². The summed E-state index contributed by atoms with van der Waals surface area (Å²) < 4.78 is 0. The van der Waals surface area contributed by atoms with E-state index in [0.717, 1.165) is 11.3 Å². The Labute approximate surface area is 78.3 Å². The first-order valence-electron chi connectivity index (χ1n) is 5.65. The first-order valence-corrected chi connectivity index (χ1v) is 6.68. The van der Waals surface area contributed by atoms with Crippen LogP contribution < -0.4 is 0 Å². The minimum Gasteiger partial charge on any atom is -0.0741 e. The molecule has 0 aromatic heterocycles. The van der Waals surface area contributed by atoms with E-state index < -0.39 is 0 Å². The van der Waals surface area contributed by atoms with E-state index >= 15 is 0 Å². The maximum Gasteiger partial charge on any atom is -0.0168 e. The molecular weight excluding hydrogens is 163 g/mol. The standard InChI is InChI=1S/C11H20P/c1-2-6-10(7-3-1)12-11-8-4-5-9-11/h10-11H,1-9H2. The van der Waals surface area contributed by atoms with E-state index in [1.165, 1.54) is 57.8 Å². The van der Waals surface area contributed by atoms with E-state index in [4.69, 9.17) is 0 Å². The van der Waals surface area contributed by atoms with Crippen LogP contribution in [-0.4, -0.2) is 11.3 Å². The summed E-state index contributed by atoms with van der Waals surface area (Å²) in [6, 6.07) is 0. The Morgan fingerprint density at radius 1 is 0.583 bits per heavy atom. The molecule has 0 amide bonds. The SMILES string of the molecule is C1CCC([P]C2CCCC2)CC1. The van der Waals surface area contributed by atoms with Gasteiger partial charge < -0.3 is 0 Å². The molecule has 0 aromatic rings. The van der Waals surface area contributed by atoms with Crippen LogP contribution in [0.15, 0.2) is 0 Å². The Bertz CT molecular complexity index is 121. The van der Waals surface area contributed by atoms with Crippen molar-refractivity contribution in [1.82, 2.24) is 0 Å². The predicted octanol–water partition coefficient (Wildman–Crippen LogP) is 4.21. The fourth-order valence-corrected chi connectivity index (χ4v) is 4.50. The Morgan fingerprint density at radius 3 is 1.50 bits per heavy atom. The van der Waals surface area contributed by atoms with Gasteiger partial charge in [-0.3, -0.25) is 0 Å². The normalized spacial score (nSPS) is 29.0. The lowest BCUT2D eigenvalue weighted by molar-refractivity contribution is 0.511. The predicted molar refractivity (Wildman–Crippen MR) is 56.0 cm³/mol. The molecule has 0 atom stereocenters. The van der Waals surface area contributed by atoms with Crippen molar-refractivity contribution in [3.8, 4) is 0 Å². The van der Waals surface area contributed by atoms with Gasteiger partial charge in [0.1, 0.15) is 0 Å². The molecule has 0 N–H and O–H groups in total. The van der Waals surface area contributed by atoms with Crippen LogP contribution in [0.4, 0.5) is 0 Å². The van der Waals surface area contributed by atoms with E-state index in [2.05, 4.69) is 0 Å². The summed E-state index contributed by atoms with van der Waals surface area (Å²) in [4.78, 5) is 0. The van der Waals surface area contributed by atoms with Crippen LogP contribution in [0, 0.1) is 0 Å². The Hall–Kier alpha value is 0.430. The highest BCUT2D eigenvalue weighted by molar-refractivity contribution is 7.39. The minimum atomic E-state index is 1.10. The maximum atomic E-state index is 1.83. The zero-order valence-corrected chi connectivity index (χ0v) is 8.86. The average Bonchev–Trinajstić information content (AvgIpc) is 2.59. The lowest BCUT2D eigenvalue weighted by Gasteiger charge is -2.23. The first-order chi connectivity index (χ1) is 5.95. The molecule has 0 aromatic carbocycles. The summed E-state index contributed by atoms with van der Waals surface area (Å²) in [6.45, 7) is 0. The van der Waals surface area contributed by atoms with E-state index in [1.807, 2.05) is 8.58 Å². The lowest BCUT2D eigenvalue weighted by Crippen LogP contribution is -2.10. The molecule has 0 nitrogen and oxygen atoms in total. The van der Waals surface area contributed by atoms with Crippen LogP contribution in [0.25, 0.3) is 0 Å². The second-order valence-electron chi connectivity index (χ2n) is 4.38. The topological polar surface area (TPSA) is 0 Å². The average molecular weight is 183 g/mol. The largest absolute Gasteiger partial charge is 0.0741 e. The van der Waals surface area contributed by atoms with Crippen molar-refractivity contribution < 1.29 is 0 Å². The van der Waals surface area contributed by atoms with E-state index in [1.54, 1.807) is 0 Å². The van der Waals surface area contributed by atoms with Crippen LogP contribution in [-0.2, 0) is 0 Å². The summed E-state index contributed by atoms with van der Waals surface area (Å²) in [7, 11) is 1.83. The summed E-state index contributed by atoms with van der Waals surface area (Å²) in [5, 5.41) is 0. The van der Waals surface area contributed by atoms with Crippen molar-refractivity contribution in [2.24, 2.45) is 0 Å². The minimum absolute atomic E-state index is 1.10. The second kappa shape index (κ2) is 4.61. The van der Waals surface area contributed by atoms with Crippen LogP contribution in [0.1, 0.15) is 57.8 Å². The molecule has 1 radical (unpaired) electrons. The van der Waals surface area contributed by atoms with Gasteiger partial charge in [0.15, 0.2) is 0 Å². The molecule has 0 unspecified atom stereocenters. The highest BCUT2D eigenvalue weighted by Crippen LogP contribution is 2.42. The van der Waals surface area contributed by atoms with Crippen molar-refractivity contribution in [2.45, 2.75) is 69.1 Å². The smallest absolute Gasteiger partial charge is 0.0168 e. The molecule has 0 spiro atoms. The molecule has 2 saturated carbocycles. The third-order valence-corrected chi connectivity index (χ3v) is 5.20. The molecule has 2 aliphatic carbocycles. The van der Waals surface area contributed by atoms with E-state index in [-0.39, 0.29) is 0 Å². The summed E-state index contributed by atoms with van der Waals surface area (Å²) >= 11 is 0. The lowest BCUT2D eigenvalue weighted by atomic mass is 10.0. The highest BCUT2D eigenvalue weighted by atomic mass is 31.1. The fraction of sp³-hybridized carbons (Fsp3) is 1.00. The molecule has 0 heterocycles. The molecule has 2 aliphatic rings. The fourth-order valence-electron chi connectivity index (χ4n) is 2.58. The van der Waals surface area contributed by atoms with Crippen LogP contribution in [0.5, 0.6) is 0 Å². The molecule has 0 saturated heterocycles. The molecule has 2 fully saturated rings. The summed E-state index contributed by atoms with van der Waals surface area (Å²) in [6.07, 6.45) is 13.7. The molecule has 0 aliphatic heterocycles. The summed E-state index contributed by atoms with van der Waals surface area (Å²) in [5.74, 6) is 0. The number of hydrogen-bond acceptors (Lipinski definition) is 0. The van der Waals surface area contributed by atoms with Gasteiger partial charge in [0.25, 0.3) is 0 Å². The third-order valence-electron chi connectivity index (χ3n) is 3.32. The molecule has 12 heavy (non-hydrogen) atoms. The van der Waals surface area contributed by atoms with E-state index in [0.29, 0.717) is 0 Å². The Morgan fingerprint density at radius 2 is 1.00 bits per heavy atom. The van der Waals surface area contributed by atoms with Gasteiger partial charge in [-0.1, -0.05) is 40.7 Å².